The topological polar surface area (TPSA) is 78.3 Å². The third-order valence-corrected chi connectivity index (χ3v) is 1.94. The van der Waals surface area contributed by atoms with Gasteiger partial charge in [0.15, 0.2) is 0 Å². The molecule has 12 heavy (non-hydrogen) atoms. The maximum atomic E-state index is 11.0. The van der Waals surface area contributed by atoms with Gasteiger partial charge in [-0.2, -0.15) is 11.8 Å². The Kier molecular flexibility index (Phi) is 7.23. The summed E-state index contributed by atoms with van der Waals surface area (Å²) in [6, 6.07) is -0.496. The van der Waals surface area contributed by atoms with Crippen molar-refractivity contribution in [3.63, 3.8) is 0 Å². The first-order valence-corrected chi connectivity index (χ1v) is 5.23. The second kappa shape index (κ2) is 7.39. The van der Waals surface area contributed by atoms with Gasteiger partial charge in [0.2, 0.25) is 0 Å². The quantitative estimate of drug-likeness (QED) is 0.558. The van der Waals surface area contributed by atoms with E-state index in [-0.39, 0.29) is 12.6 Å². The molecule has 0 aliphatic rings. The molecule has 0 aliphatic carbocycles. The van der Waals surface area contributed by atoms with Crippen LogP contribution in [0.25, 0.3) is 0 Å². The Morgan fingerprint density at radius 3 is 2.83 bits per heavy atom. The van der Waals surface area contributed by atoms with Crippen LogP contribution in [0.15, 0.2) is 0 Å². The van der Waals surface area contributed by atoms with Crippen molar-refractivity contribution in [2.24, 2.45) is 11.5 Å². The molecule has 1 atom stereocenters. The largest absolute Gasteiger partial charge is 0.463 e. The van der Waals surface area contributed by atoms with E-state index in [1.807, 2.05) is 6.26 Å². The van der Waals surface area contributed by atoms with Gasteiger partial charge in [0.05, 0.1) is 0 Å². The first-order valence-electron chi connectivity index (χ1n) is 3.83. The molecule has 0 aromatic rings. The SMILES string of the molecule is CSCCC(N)C(=O)OCCN. The third-order valence-electron chi connectivity index (χ3n) is 1.30. The van der Waals surface area contributed by atoms with Crippen molar-refractivity contribution in [3.05, 3.63) is 0 Å². The maximum Gasteiger partial charge on any atom is 0.322 e. The third kappa shape index (κ3) is 5.40. The molecular formula is C7H16N2O2S. The van der Waals surface area contributed by atoms with E-state index in [2.05, 4.69) is 0 Å². The van der Waals surface area contributed by atoms with Gasteiger partial charge in [0.25, 0.3) is 0 Å². The van der Waals surface area contributed by atoms with E-state index < -0.39 is 6.04 Å². The van der Waals surface area contributed by atoms with Crippen LogP contribution in [0.2, 0.25) is 0 Å². The van der Waals surface area contributed by atoms with E-state index in [1.165, 1.54) is 0 Å². The molecule has 72 valence electrons. The van der Waals surface area contributed by atoms with Gasteiger partial charge in [0.1, 0.15) is 12.6 Å². The maximum absolute atomic E-state index is 11.0. The van der Waals surface area contributed by atoms with Crippen molar-refractivity contribution in [2.45, 2.75) is 12.5 Å². The molecule has 4 N–H and O–H groups in total. The molecule has 0 rings (SSSR count). The Morgan fingerprint density at radius 2 is 2.33 bits per heavy atom. The van der Waals surface area contributed by atoms with E-state index in [1.54, 1.807) is 11.8 Å². The van der Waals surface area contributed by atoms with E-state index in [9.17, 15) is 4.79 Å². The summed E-state index contributed by atoms with van der Waals surface area (Å²) >= 11 is 1.66. The summed E-state index contributed by atoms with van der Waals surface area (Å²) in [6.07, 6.45) is 2.63. The number of nitrogens with two attached hydrogens (primary N) is 2. The van der Waals surface area contributed by atoms with E-state index >= 15 is 0 Å². The predicted octanol–water partition coefficient (Wildman–Crippen LogP) is -0.431. The van der Waals surface area contributed by atoms with Crippen LogP contribution in [0.3, 0.4) is 0 Å². The number of ether oxygens (including phenoxy) is 1. The molecule has 0 bridgehead atoms. The first-order chi connectivity index (χ1) is 5.72. The Balaban J connectivity index is 3.47. The Morgan fingerprint density at radius 1 is 1.67 bits per heavy atom. The Bertz CT molecular complexity index is 133. The highest BCUT2D eigenvalue weighted by atomic mass is 32.2. The minimum Gasteiger partial charge on any atom is -0.463 e. The molecule has 0 heterocycles. The van der Waals surface area contributed by atoms with E-state index in [4.69, 9.17) is 16.2 Å². The second-order valence-electron chi connectivity index (χ2n) is 2.34. The van der Waals surface area contributed by atoms with E-state index in [0.717, 1.165) is 5.75 Å². The van der Waals surface area contributed by atoms with Crippen molar-refractivity contribution in [1.82, 2.24) is 0 Å². The average Bonchev–Trinajstić information content (AvgIpc) is 2.10. The van der Waals surface area contributed by atoms with Crippen LogP contribution < -0.4 is 11.5 Å². The number of thioether (sulfide) groups is 1. The van der Waals surface area contributed by atoms with Crippen LogP contribution in [0.1, 0.15) is 6.42 Å². The highest BCUT2D eigenvalue weighted by Crippen LogP contribution is 1.99. The van der Waals surface area contributed by atoms with Crippen LogP contribution in [-0.4, -0.2) is 37.2 Å². The molecule has 1 unspecified atom stereocenters. The molecule has 0 saturated heterocycles. The van der Waals surface area contributed by atoms with Crippen molar-refractivity contribution in [1.29, 1.82) is 0 Å². The number of carbonyl (C=O) groups excluding carboxylic acids is 1. The highest BCUT2D eigenvalue weighted by Gasteiger charge is 2.13. The summed E-state index contributed by atoms with van der Waals surface area (Å²) in [6.45, 7) is 0.604. The normalized spacial score (nSPS) is 12.6. The lowest BCUT2D eigenvalue weighted by atomic mass is 10.2. The van der Waals surface area contributed by atoms with Gasteiger partial charge in [-0.25, -0.2) is 0 Å². The minimum absolute atomic E-state index is 0.256. The lowest BCUT2D eigenvalue weighted by Crippen LogP contribution is -2.33. The summed E-state index contributed by atoms with van der Waals surface area (Å²) in [5.74, 6) is 0.522. The molecule has 4 nitrogen and oxygen atoms in total. The van der Waals surface area contributed by atoms with Crippen LogP contribution >= 0.6 is 11.8 Å². The van der Waals surface area contributed by atoms with Gasteiger partial charge in [0, 0.05) is 6.54 Å². The fourth-order valence-electron chi connectivity index (χ4n) is 0.629. The molecule has 5 heteroatoms. The van der Waals surface area contributed by atoms with Gasteiger partial charge in [-0.3, -0.25) is 4.79 Å². The number of carbonyl (C=O) groups is 1. The number of rotatable bonds is 6. The molecule has 0 radical (unpaired) electrons. The van der Waals surface area contributed by atoms with Crippen molar-refractivity contribution < 1.29 is 9.53 Å². The van der Waals surface area contributed by atoms with Gasteiger partial charge < -0.3 is 16.2 Å². The molecule has 0 amide bonds. The number of hydrogen-bond donors (Lipinski definition) is 2. The highest BCUT2D eigenvalue weighted by molar-refractivity contribution is 7.98. The van der Waals surface area contributed by atoms with Gasteiger partial charge >= 0.3 is 5.97 Å². The molecule has 0 fully saturated rings. The number of esters is 1. The smallest absolute Gasteiger partial charge is 0.322 e. The van der Waals surface area contributed by atoms with Crippen molar-refractivity contribution in [2.75, 3.05) is 25.2 Å². The Labute approximate surface area is 77.0 Å². The minimum atomic E-state index is -0.496. The summed E-state index contributed by atoms with van der Waals surface area (Å²) in [4.78, 5) is 11.0. The second-order valence-corrected chi connectivity index (χ2v) is 3.33. The standard InChI is InChI=1S/C7H16N2O2S/c1-12-5-2-6(9)7(10)11-4-3-8/h6H,2-5,8-9H2,1H3. The van der Waals surface area contributed by atoms with Crippen LogP contribution in [-0.2, 0) is 9.53 Å². The molecule has 0 saturated carbocycles. The van der Waals surface area contributed by atoms with Crippen LogP contribution in [0.4, 0.5) is 0 Å². The summed E-state index contributed by atoms with van der Waals surface area (Å²) in [5.41, 5.74) is 10.7. The molecule has 0 aromatic heterocycles. The first kappa shape index (κ1) is 11.7. The fraction of sp³-hybridized carbons (Fsp3) is 0.857. The molecule has 0 aromatic carbocycles. The van der Waals surface area contributed by atoms with Crippen molar-refractivity contribution >= 4 is 17.7 Å². The fourth-order valence-corrected chi connectivity index (χ4v) is 1.12. The molecule has 0 spiro atoms. The molecule has 0 aliphatic heterocycles. The Hall–Kier alpha value is -0.260. The lowest BCUT2D eigenvalue weighted by Gasteiger charge is -2.09. The van der Waals surface area contributed by atoms with Gasteiger partial charge in [-0.1, -0.05) is 0 Å². The zero-order valence-corrected chi connectivity index (χ0v) is 8.10. The van der Waals surface area contributed by atoms with Crippen LogP contribution in [0, 0.1) is 0 Å². The zero-order valence-electron chi connectivity index (χ0n) is 7.29. The predicted molar refractivity (Wildman–Crippen MR) is 51.0 cm³/mol. The lowest BCUT2D eigenvalue weighted by molar-refractivity contribution is -0.144. The van der Waals surface area contributed by atoms with E-state index in [0.29, 0.717) is 13.0 Å². The average molecular weight is 192 g/mol. The van der Waals surface area contributed by atoms with Gasteiger partial charge in [-0.15, -0.1) is 0 Å². The molecular weight excluding hydrogens is 176 g/mol. The van der Waals surface area contributed by atoms with Crippen LogP contribution in [0.5, 0.6) is 0 Å². The summed E-state index contributed by atoms with van der Waals surface area (Å²) in [5, 5.41) is 0. The summed E-state index contributed by atoms with van der Waals surface area (Å²) in [7, 11) is 0. The number of hydrogen-bond acceptors (Lipinski definition) is 5. The monoisotopic (exact) mass is 192 g/mol. The van der Waals surface area contributed by atoms with Crippen molar-refractivity contribution in [3.8, 4) is 0 Å². The van der Waals surface area contributed by atoms with Gasteiger partial charge in [-0.05, 0) is 18.4 Å². The zero-order chi connectivity index (χ0) is 9.40. The summed E-state index contributed by atoms with van der Waals surface area (Å²) < 4.78 is 4.75.